The van der Waals surface area contributed by atoms with Gasteiger partial charge in [0.1, 0.15) is 24.8 Å². The van der Waals surface area contributed by atoms with E-state index in [9.17, 15) is 18.8 Å². The zero-order valence-electron chi connectivity index (χ0n) is 16.7. The van der Waals surface area contributed by atoms with Gasteiger partial charge in [-0.05, 0) is 49.2 Å². The fourth-order valence-corrected chi connectivity index (χ4v) is 2.24. The molecule has 0 amide bonds. The standard InChI is InChI=1S/C23H21FO6/c1-14(2)21(25)28-11-12-29-23(27)19-10-7-17(13-20(19)24)16-5-8-18(9-6-16)30-22(26)15(3)4/h5-10,13H,1,3,11-12H2,2,4H3. The Morgan fingerprint density at radius 1 is 0.833 bits per heavy atom. The van der Waals surface area contributed by atoms with Crippen molar-refractivity contribution in [3.63, 3.8) is 0 Å². The lowest BCUT2D eigenvalue weighted by atomic mass is 10.0. The molecule has 0 radical (unpaired) electrons. The van der Waals surface area contributed by atoms with Crippen molar-refractivity contribution in [2.24, 2.45) is 0 Å². The molecule has 30 heavy (non-hydrogen) atoms. The molecule has 0 aliphatic rings. The van der Waals surface area contributed by atoms with Gasteiger partial charge in [-0.15, -0.1) is 0 Å². The monoisotopic (exact) mass is 412 g/mol. The predicted octanol–water partition coefficient (Wildman–Crippen LogP) is 4.25. The summed E-state index contributed by atoms with van der Waals surface area (Å²) in [6, 6.07) is 10.5. The van der Waals surface area contributed by atoms with Gasteiger partial charge in [0.05, 0.1) is 5.56 Å². The van der Waals surface area contributed by atoms with Crippen LogP contribution in [0, 0.1) is 5.82 Å². The fourth-order valence-electron chi connectivity index (χ4n) is 2.24. The Morgan fingerprint density at radius 3 is 1.97 bits per heavy atom. The number of carbonyl (C=O) groups excluding carboxylic acids is 3. The lowest BCUT2D eigenvalue weighted by Gasteiger charge is -2.09. The normalized spacial score (nSPS) is 10.1. The van der Waals surface area contributed by atoms with Gasteiger partial charge in [0.2, 0.25) is 0 Å². The van der Waals surface area contributed by atoms with Crippen molar-refractivity contribution in [2.45, 2.75) is 13.8 Å². The molecule has 156 valence electrons. The molecule has 7 heteroatoms. The average Bonchev–Trinajstić information content (AvgIpc) is 2.71. The molecule has 0 fully saturated rings. The third kappa shape index (κ3) is 6.13. The third-order valence-corrected chi connectivity index (χ3v) is 3.83. The highest BCUT2D eigenvalue weighted by Gasteiger charge is 2.15. The van der Waals surface area contributed by atoms with E-state index in [0.29, 0.717) is 16.9 Å². The quantitative estimate of drug-likeness (QED) is 0.279. The van der Waals surface area contributed by atoms with Gasteiger partial charge in [-0.25, -0.2) is 18.8 Å². The van der Waals surface area contributed by atoms with Crippen LogP contribution in [-0.4, -0.2) is 31.1 Å². The van der Waals surface area contributed by atoms with Crippen LogP contribution in [0.5, 0.6) is 5.75 Å². The van der Waals surface area contributed by atoms with Crippen LogP contribution in [0.2, 0.25) is 0 Å². The summed E-state index contributed by atoms with van der Waals surface area (Å²) in [6.07, 6.45) is 0. The van der Waals surface area contributed by atoms with E-state index in [1.165, 1.54) is 19.1 Å². The summed E-state index contributed by atoms with van der Waals surface area (Å²) in [5, 5.41) is 0. The first-order valence-corrected chi connectivity index (χ1v) is 8.96. The summed E-state index contributed by atoms with van der Waals surface area (Å²) < 4.78 is 29.2. The fraction of sp³-hybridized carbons (Fsp3) is 0.174. The first-order chi connectivity index (χ1) is 14.2. The number of hydrogen-bond donors (Lipinski definition) is 0. The number of rotatable bonds is 8. The highest BCUT2D eigenvalue weighted by molar-refractivity contribution is 5.91. The number of esters is 3. The average molecular weight is 412 g/mol. The van der Waals surface area contributed by atoms with Crippen LogP contribution in [0.25, 0.3) is 11.1 Å². The summed E-state index contributed by atoms with van der Waals surface area (Å²) in [6.45, 7) is 9.61. The van der Waals surface area contributed by atoms with Crippen molar-refractivity contribution >= 4 is 17.9 Å². The molecule has 2 aromatic rings. The number of benzene rings is 2. The Labute approximate surface area is 173 Å². The maximum atomic E-state index is 14.4. The molecule has 6 nitrogen and oxygen atoms in total. The number of carbonyl (C=O) groups is 3. The summed E-state index contributed by atoms with van der Waals surface area (Å²) in [4.78, 5) is 34.8. The second-order valence-electron chi connectivity index (χ2n) is 6.44. The molecule has 0 aliphatic carbocycles. The molecule has 0 bridgehead atoms. The van der Waals surface area contributed by atoms with Crippen molar-refractivity contribution in [1.29, 1.82) is 0 Å². The van der Waals surface area contributed by atoms with Crippen LogP contribution in [-0.2, 0) is 19.1 Å². The van der Waals surface area contributed by atoms with Crippen LogP contribution < -0.4 is 4.74 Å². The predicted molar refractivity (Wildman–Crippen MR) is 108 cm³/mol. The summed E-state index contributed by atoms with van der Waals surface area (Å²) in [5.41, 5.74) is 1.45. The Morgan fingerprint density at radius 2 is 1.40 bits per heavy atom. The number of hydrogen-bond acceptors (Lipinski definition) is 6. The molecule has 0 saturated carbocycles. The van der Waals surface area contributed by atoms with Crippen LogP contribution in [0.4, 0.5) is 4.39 Å². The van der Waals surface area contributed by atoms with Gasteiger partial charge >= 0.3 is 17.9 Å². The minimum Gasteiger partial charge on any atom is -0.459 e. The van der Waals surface area contributed by atoms with Crippen molar-refractivity contribution in [3.05, 3.63) is 78.1 Å². The lowest BCUT2D eigenvalue weighted by molar-refractivity contribution is -0.140. The lowest BCUT2D eigenvalue weighted by Crippen LogP contribution is -2.15. The Kier molecular flexibility index (Phi) is 7.63. The van der Waals surface area contributed by atoms with Crippen molar-refractivity contribution in [2.75, 3.05) is 13.2 Å². The van der Waals surface area contributed by atoms with Crippen molar-refractivity contribution in [3.8, 4) is 16.9 Å². The van der Waals surface area contributed by atoms with Crippen LogP contribution >= 0.6 is 0 Å². The summed E-state index contributed by atoms with van der Waals surface area (Å²) in [7, 11) is 0. The van der Waals surface area contributed by atoms with E-state index < -0.39 is 23.7 Å². The smallest absolute Gasteiger partial charge is 0.341 e. The maximum Gasteiger partial charge on any atom is 0.341 e. The van der Waals surface area contributed by atoms with E-state index in [1.807, 2.05) is 0 Å². The molecule has 0 N–H and O–H groups in total. The van der Waals surface area contributed by atoms with Gasteiger partial charge in [0, 0.05) is 11.1 Å². The largest absolute Gasteiger partial charge is 0.459 e. The van der Waals surface area contributed by atoms with E-state index in [1.54, 1.807) is 37.3 Å². The molecule has 0 aliphatic heterocycles. The van der Waals surface area contributed by atoms with Gasteiger partial charge in [-0.1, -0.05) is 31.4 Å². The minimum atomic E-state index is -0.868. The molecule has 2 aromatic carbocycles. The molecular formula is C23H21FO6. The van der Waals surface area contributed by atoms with E-state index >= 15 is 0 Å². The van der Waals surface area contributed by atoms with Gasteiger partial charge in [-0.3, -0.25) is 0 Å². The molecule has 0 heterocycles. The molecule has 0 unspecified atom stereocenters. The van der Waals surface area contributed by atoms with E-state index in [0.717, 1.165) is 0 Å². The maximum absolute atomic E-state index is 14.4. The van der Waals surface area contributed by atoms with Crippen LogP contribution in [0.1, 0.15) is 24.2 Å². The Hall–Kier alpha value is -3.74. The highest BCUT2D eigenvalue weighted by atomic mass is 19.1. The number of ether oxygens (including phenoxy) is 3. The van der Waals surface area contributed by atoms with Gasteiger partial charge in [0.25, 0.3) is 0 Å². The number of halogens is 1. The van der Waals surface area contributed by atoms with Crippen LogP contribution in [0.3, 0.4) is 0 Å². The zero-order chi connectivity index (χ0) is 22.3. The summed E-state index contributed by atoms with van der Waals surface area (Å²) in [5.74, 6) is -2.42. The van der Waals surface area contributed by atoms with E-state index in [2.05, 4.69) is 13.2 Å². The topological polar surface area (TPSA) is 78.9 Å². The molecule has 0 aromatic heterocycles. The summed E-state index contributed by atoms with van der Waals surface area (Å²) >= 11 is 0. The SMILES string of the molecule is C=C(C)C(=O)OCCOC(=O)c1ccc(-c2ccc(OC(=O)C(=C)C)cc2)cc1F. The first-order valence-electron chi connectivity index (χ1n) is 8.96. The van der Waals surface area contributed by atoms with E-state index in [4.69, 9.17) is 14.2 Å². The van der Waals surface area contributed by atoms with Gasteiger partial charge < -0.3 is 14.2 Å². The molecule has 0 spiro atoms. The first kappa shape index (κ1) is 22.5. The minimum absolute atomic E-state index is 0.153. The Bertz CT molecular complexity index is 991. The van der Waals surface area contributed by atoms with Crippen LogP contribution in [0.15, 0.2) is 66.8 Å². The third-order valence-electron chi connectivity index (χ3n) is 3.83. The van der Waals surface area contributed by atoms with Crippen molar-refractivity contribution < 1.29 is 33.0 Å². The van der Waals surface area contributed by atoms with E-state index in [-0.39, 0.29) is 29.9 Å². The zero-order valence-corrected chi connectivity index (χ0v) is 16.7. The molecular weight excluding hydrogens is 391 g/mol. The second kappa shape index (κ2) is 10.2. The second-order valence-corrected chi connectivity index (χ2v) is 6.44. The van der Waals surface area contributed by atoms with Gasteiger partial charge in [0.15, 0.2) is 0 Å². The van der Waals surface area contributed by atoms with Crippen molar-refractivity contribution in [1.82, 2.24) is 0 Å². The molecule has 0 atom stereocenters. The highest BCUT2D eigenvalue weighted by Crippen LogP contribution is 2.25. The molecule has 0 saturated heterocycles. The van der Waals surface area contributed by atoms with Gasteiger partial charge in [-0.2, -0.15) is 0 Å². The Balaban J connectivity index is 2.00. The molecule has 2 rings (SSSR count).